The minimum Gasteiger partial charge on any atom is -0.493 e. The largest absolute Gasteiger partial charge is 0.493 e. The molecule has 0 saturated carbocycles. The number of rotatable bonds is 9. The molecule has 0 aliphatic carbocycles. The van der Waals surface area contributed by atoms with Crippen LogP contribution in [0.15, 0.2) is 47.4 Å². The van der Waals surface area contributed by atoms with E-state index >= 15 is 0 Å². The summed E-state index contributed by atoms with van der Waals surface area (Å²) in [4.78, 5) is 26.0. The molecule has 2 rings (SSSR count). The van der Waals surface area contributed by atoms with Gasteiger partial charge in [0.15, 0.2) is 11.5 Å². The first kappa shape index (κ1) is 22.6. The second-order valence-corrected chi connectivity index (χ2v) is 8.33. The van der Waals surface area contributed by atoms with Gasteiger partial charge in [-0.25, -0.2) is 0 Å². The van der Waals surface area contributed by atoms with Gasteiger partial charge in [-0.05, 0) is 43.2 Å². The molecule has 0 bridgehead atoms. The summed E-state index contributed by atoms with van der Waals surface area (Å²) >= 11 is 1.40. The van der Waals surface area contributed by atoms with Crippen LogP contribution < -0.4 is 20.1 Å². The lowest BCUT2D eigenvalue weighted by Crippen LogP contribution is -2.29. The number of carbonyl (C=O) groups is 2. The van der Waals surface area contributed by atoms with E-state index in [-0.39, 0.29) is 17.1 Å². The molecule has 2 aromatic rings. The molecular weight excluding hydrogens is 388 g/mol. The van der Waals surface area contributed by atoms with E-state index in [2.05, 4.69) is 10.6 Å². The number of anilines is 1. The molecule has 0 heterocycles. The molecule has 156 valence electrons. The number of thioether (sulfide) groups is 1. The second-order valence-electron chi connectivity index (χ2n) is 6.92. The van der Waals surface area contributed by atoms with Gasteiger partial charge in [0.1, 0.15) is 0 Å². The number of carbonyl (C=O) groups excluding carboxylic acids is 2. The maximum atomic E-state index is 12.7. The van der Waals surface area contributed by atoms with Gasteiger partial charge in [-0.1, -0.05) is 26.0 Å². The summed E-state index contributed by atoms with van der Waals surface area (Å²) in [6.45, 7) is 6.45. The standard InChI is InChI=1S/C22H28N2O4S/c1-14(2)13-23-22(26)17-8-6-7-9-18(17)24-21(25)15(3)29-16-10-11-19(27-4)20(12-16)28-5/h6-12,14-15H,13H2,1-5H3,(H,23,26)(H,24,25)/t15-/m0/s1. The second kappa shape index (κ2) is 10.8. The topological polar surface area (TPSA) is 76.7 Å². The van der Waals surface area contributed by atoms with Gasteiger partial charge < -0.3 is 20.1 Å². The molecule has 0 saturated heterocycles. The zero-order valence-corrected chi connectivity index (χ0v) is 18.3. The van der Waals surface area contributed by atoms with Crippen LogP contribution in [0.5, 0.6) is 11.5 Å². The average molecular weight is 417 g/mol. The number of hydrogen-bond acceptors (Lipinski definition) is 5. The monoisotopic (exact) mass is 416 g/mol. The predicted molar refractivity (Wildman–Crippen MR) is 117 cm³/mol. The molecule has 2 aromatic carbocycles. The number of nitrogens with one attached hydrogen (secondary N) is 2. The molecule has 29 heavy (non-hydrogen) atoms. The van der Waals surface area contributed by atoms with Gasteiger partial charge in [0, 0.05) is 11.4 Å². The first-order valence-electron chi connectivity index (χ1n) is 9.42. The molecule has 0 aromatic heterocycles. The lowest BCUT2D eigenvalue weighted by Gasteiger charge is -2.16. The summed E-state index contributed by atoms with van der Waals surface area (Å²) in [6, 6.07) is 12.5. The van der Waals surface area contributed by atoms with Crippen molar-refractivity contribution in [2.45, 2.75) is 30.9 Å². The van der Waals surface area contributed by atoms with E-state index in [1.807, 2.05) is 32.9 Å². The van der Waals surface area contributed by atoms with Crippen molar-refractivity contribution in [3.8, 4) is 11.5 Å². The van der Waals surface area contributed by atoms with Crippen molar-refractivity contribution in [3.63, 3.8) is 0 Å². The molecule has 0 radical (unpaired) electrons. The van der Waals surface area contributed by atoms with E-state index < -0.39 is 0 Å². The fourth-order valence-electron chi connectivity index (χ4n) is 2.56. The highest BCUT2D eigenvalue weighted by atomic mass is 32.2. The molecule has 1 atom stereocenters. The van der Waals surface area contributed by atoms with E-state index in [1.165, 1.54) is 11.8 Å². The smallest absolute Gasteiger partial charge is 0.253 e. The highest BCUT2D eigenvalue weighted by Crippen LogP contribution is 2.33. The van der Waals surface area contributed by atoms with Crippen molar-refractivity contribution in [1.29, 1.82) is 0 Å². The fraction of sp³-hybridized carbons (Fsp3) is 0.364. The van der Waals surface area contributed by atoms with Gasteiger partial charge in [0.2, 0.25) is 5.91 Å². The Morgan fingerprint density at radius 1 is 1.00 bits per heavy atom. The quantitative estimate of drug-likeness (QED) is 0.599. The molecular formula is C22H28N2O4S. The molecule has 0 spiro atoms. The predicted octanol–water partition coefficient (Wildman–Crippen LogP) is 4.21. The molecule has 0 unspecified atom stereocenters. The van der Waals surface area contributed by atoms with Crippen LogP contribution in [0.3, 0.4) is 0 Å². The molecule has 6 nitrogen and oxygen atoms in total. The summed E-state index contributed by atoms with van der Waals surface area (Å²) in [7, 11) is 3.15. The van der Waals surface area contributed by atoms with Crippen molar-refractivity contribution >= 4 is 29.3 Å². The van der Waals surface area contributed by atoms with Crippen molar-refractivity contribution in [1.82, 2.24) is 5.32 Å². The van der Waals surface area contributed by atoms with Gasteiger partial charge in [0.05, 0.1) is 30.7 Å². The van der Waals surface area contributed by atoms with Crippen LogP contribution in [0.4, 0.5) is 5.69 Å². The summed E-state index contributed by atoms with van der Waals surface area (Å²) in [6.07, 6.45) is 0. The van der Waals surface area contributed by atoms with Gasteiger partial charge >= 0.3 is 0 Å². The van der Waals surface area contributed by atoms with Crippen LogP contribution in [0.25, 0.3) is 0 Å². The number of methoxy groups -OCH3 is 2. The van der Waals surface area contributed by atoms with Crippen molar-refractivity contribution in [2.75, 3.05) is 26.1 Å². The Balaban J connectivity index is 2.07. The lowest BCUT2D eigenvalue weighted by atomic mass is 10.1. The third-order valence-corrected chi connectivity index (χ3v) is 5.23. The van der Waals surface area contributed by atoms with Gasteiger partial charge in [0.25, 0.3) is 5.91 Å². The molecule has 0 aliphatic rings. The van der Waals surface area contributed by atoms with E-state index in [0.717, 1.165) is 4.90 Å². The Kier molecular flexibility index (Phi) is 8.39. The van der Waals surface area contributed by atoms with E-state index in [4.69, 9.17) is 9.47 Å². The van der Waals surface area contributed by atoms with E-state index in [9.17, 15) is 9.59 Å². The molecule has 2 N–H and O–H groups in total. The van der Waals surface area contributed by atoms with Crippen LogP contribution >= 0.6 is 11.8 Å². The highest BCUT2D eigenvalue weighted by molar-refractivity contribution is 8.00. The lowest BCUT2D eigenvalue weighted by molar-refractivity contribution is -0.115. The zero-order valence-electron chi connectivity index (χ0n) is 17.4. The maximum absolute atomic E-state index is 12.7. The third kappa shape index (κ3) is 6.42. The van der Waals surface area contributed by atoms with E-state index in [1.54, 1.807) is 44.6 Å². The Morgan fingerprint density at radius 2 is 1.69 bits per heavy atom. The Labute approximate surface area is 176 Å². The first-order valence-corrected chi connectivity index (χ1v) is 10.3. The Hall–Kier alpha value is -2.67. The SMILES string of the molecule is COc1ccc(S[C@@H](C)C(=O)Nc2ccccc2C(=O)NCC(C)C)cc1OC. The summed E-state index contributed by atoms with van der Waals surface area (Å²) in [5.41, 5.74) is 0.948. The van der Waals surface area contributed by atoms with Crippen LogP contribution in [-0.2, 0) is 4.79 Å². The molecule has 7 heteroatoms. The van der Waals surface area contributed by atoms with Crippen LogP contribution in [0, 0.1) is 5.92 Å². The number of para-hydroxylation sites is 1. The molecule has 0 fully saturated rings. The zero-order chi connectivity index (χ0) is 21.4. The normalized spacial score (nSPS) is 11.7. The molecule has 2 amide bonds. The minimum atomic E-state index is -0.375. The van der Waals surface area contributed by atoms with Gasteiger partial charge in [-0.15, -0.1) is 11.8 Å². The average Bonchev–Trinajstić information content (AvgIpc) is 2.72. The van der Waals surface area contributed by atoms with Crippen molar-refractivity contribution < 1.29 is 19.1 Å². The van der Waals surface area contributed by atoms with Crippen LogP contribution in [-0.4, -0.2) is 37.8 Å². The number of amides is 2. The summed E-state index contributed by atoms with van der Waals surface area (Å²) in [5.74, 6) is 1.20. The van der Waals surface area contributed by atoms with E-state index in [0.29, 0.717) is 35.2 Å². The van der Waals surface area contributed by atoms with Crippen LogP contribution in [0.2, 0.25) is 0 Å². The first-order chi connectivity index (χ1) is 13.8. The summed E-state index contributed by atoms with van der Waals surface area (Å²) < 4.78 is 10.6. The van der Waals surface area contributed by atoms with Crippen LogP contribution in [0.1, 0.15) is 31.1 Å². The Bertz CT molecular complexity index is 854. The van der Waals surface area contributed by atoms with Crippen molar-refractivity contribution in [3.05, 3.63) is 48.0 Å². The number of benzene rings is 2. The fourth-order valence-corrected chi connectivity index (χ4v) is 3.46. The summed E-state index contributed by atoms with van der Waals surface area (Å²) in [5, 5.41) is 5.38. The number of hydrogen-bond donors (Lipinski definition) is 2. The van der Waals surface area contributed by atoms with Crippen molar-refractivity contribution in [2.24, 2.45) is 5.92 Å². The van der Waals surface area contributed by atoms with Gasteiger partial charge in [-0.2, -0.15) is 0 Å². The molecule has 0 aliphatic heterocycles. The van der Waals surface area contributed by atoms with Gasteiger partial charge in [-0.3, -0.25) is 9.59 Å². The number of ether oxygens (including phenoxy) is 2. The minimum absolute atomic E-state index is 0.186. The highest BCUT2D eigenvalue weighted by Gasteiger charge is 2.19. The Morgan fingerprint density at radius 3 is 2.34 bits per heavy atom. The maximum Gasteiger partial charge on any atom is 0.253 e. The third-order valence-electron chi connectivity index (χ3n) is 4.14.